The summed E-state index contributed by atoms with van der Waals surface area (Å²) >= 11 is 0. The third-order valence-electron chi connectivity index (χ3n) is 5.94. The Morgan fingerprint density at radius 2 is 1.46 bits per heavy atom. The van der Waals surface area contributed by atoms with Crippen LogP contribution < -0.4 is 0 Å². The van der Waals surface area contributed by atoms with Crippen molar-refractivity contribution in [1.82, 2.24) is 0 Å². The summed E-state index contributed by atoms with van der Waals surface area (Å²) in [7, 11) is 0. The number of benzene rings is 1. The number of aromatic carboxylic acids is 1. The van der Waals surface area contributed by atoms with Crippen LogP contribution in [-0.4, -0.2) is 11.1 Å². The minimum absolute atomic E-state index is 0.541. The summed E-state index contributed by atoms with van der Waals surface area (Å²) in [5, 5.41) is 9.76. The summed E-state index contributed by atoms with van der Waals surface area (Å²) in [4.78, 5) is 11.9. The number of carboxylic acids is 1. The normalized spacial score (nSPS) is 12.3. The van der Waals surface area contributed by atoms with Gasteiger partial charge in [-0.3, -0.25) is 0 Å². The minimum atomic E-state index is -0.763. The monoisotopic (exact) mass is 388 g/mol. The van der Waals surface area contributed by atoms with E-state index < -0.39 is 5.97 Å². The van der Waals surface area contributed by atoms with Crippen molar-refractivity contribution < 1.29 is 9.90 Å². The molecule has 0 amide bonds. The van der Waals surface area contributed by atoms with E-state index in [2.05, 4.69) is 33.8 Å². The van der Waals surface area contributed by atoms with E-state index in [0.717, 1.165) is 37.7 Å². The second kappa shape index (κ2) is 14.7. The van der Waals surface area contributed by atoms with Gasteiger partial charge in [-0.25, -0.2) is 4.79 Å². The Morgan fingerprint density at radius 3 is 2.07 bits per heavy atom. The summed E-state index contributed by atoms with van der Waals surface area (Å²) in [5.74, 6) is -0.142. The van der Waals surface area contributed by atoms with Gasteiger partial charge in [-0.1, -0.05) is 91.5 Å². The predicted octanol–water partition coefficient (Wildman–Crippen LogP) is 8.00. The first-order chi connectivity index (χ1) is 13.5. The molecular formula is C26H44O2. The highest BCUT2D eigenvalue weighted by atomic mass is 16.4. The Hall–Kier alpha value is -1.31. The summed E-state index contributed by atoms with van der Waals surface area (Å²) in [6.07, 6.45) is 16.7. The molecule has 0 fully saturated rings. The maximum Gasteiger partial charge on any atom is 0.335 e. The quantitative estimate of drug-likeness (QED) is 0.291. The Labute approximate surface area is 174 Å². The smallest absolute Gasteiger partial charge is 0.335 e. The molecule has 1 atom stereocenters. The third-order valence-corrected chi connectivity index (χ3v) is 5.94. The molecule has 2 nitrogen and oxygen atoms in total. The minimum Gasteiger partial charge on any atom is -0.478 e. The molecule has 2 heteroatoms. The molecule has 0 aromatic heterocycles. The Kier molecular flexibility index (Phi) is 12.9. The molecule has 0 spiro atoms. The van der Waals surface area contributed by atoms with E-state index in [9.17, 15) is 9.90 Å². The second-order valence-corrected chi connectivity index (χ2v) is 8.61. The van der Waals surface area contributed by atoms with Crippen LogP contribution in [0.1, 0.15) is 125 Å². The molecule has 0 aliphatic rings. The highest BCUT2D eigenvalue weighted by molar-refractivity contribution is 5.90. The van der Waals surface area contributed by atoms with Crippen molar-refractivity contribution in [1.29, 1.82) is 0 Å². The van der Waals surface area contributed by atoms with Crippen molar-refractivity contribution in [2.45, 2.75) is 118 Å². The first-order valence-corrected chi connectivity index (χ1v) is 11.9. The lowest BCUT2D eigenvalue weighted by atomic mass is 9.84. The van der Waals surface area contributed by atoms with Gasteiger partial charge >= 0.3 is 5.97 Å². The highest BCUT2D eigenvalue weighted by Gasteiger charge is 2.19. The average molecular weight is 389 g/mol. The fourth-order valence-corrected chi connectivity index (χ4v) is 4.18. The molecule has 1 aromatic carbocycles. The zero-order valence-electron chi connectivity index (χ0n) is 19.0. The molecule has 0 radical (unpaired) electrons. The van der Waals surface area contributed by atoms with Crippen LogP contribution in [0.25, 0.3) is 0 Å². The van der Waals surface area contributed by atoms with Crippen LogP contribution in [0.15, 0.2) is 12.1 Å². The van der Waals surface area contributed by atoms with Gasteiger partial charge in [-0.05, 0) is 60.8 Å². The number of aryl methyl sites for hydroxylation is 1. The van der Waals surface area contributed by atoms with Gasteiger partial charge in [-0.2, -0.15) is 0 Å². The molecular weight excluding hydrogens is 344 g/mol. The Morgan fingerprint density at radius 1 is 0.821 bits per heavy atom. The van der Waals surface area contributed by atoms with Gasteiger partial charge in [0.25, 0.3) is 0 Å². The number of hydrogen-bond acceptors (Lipinski definition) is 1. The van der Waals surface area contributed by atoms with E-state index in [1.54, 1.807) is 0 Å². The first kappa shape index (κ1) is 24.7. The molecule has 28 heavy (non-hydrogen) atoms. The van der Waals surface area contributed by atoms with Crippen LogP contribution in [0, 0.1) is 5.92 Å². The summed E-state index contributed by atoms with van der Waals surface area (Å²) in [6, 6.07) is 3.99. The van der Waals surface area contributed by atoms with Crippen molar-refractivity contribution in [3.63, 3.8) is 0 Å². The van der Waals surface area contributed by atoms with Crippen molar-refractivity contribution >= 4 is 5.97 Å². The Balaban J connectivity index is 3.04. The molecule has 0 saturated heterocycles. The van der Waals surface area contributed by atoms with Crippen molar-refractivity contribution in [3.05, 3.63) is 34.4 Å². The zero-order chi connectivity index (χ0) is 20.8. The SMILES string of the molecule is CCCCCCc1ccc(C(=O)O)c(CCCC)c1CC(C)CCCCCC. The van der Waals surface area contributed by atoms with Crippen LogP contribution in [0.5, 0.6) is 0 Å². The molecule has 0 aliphatic heterocycles. The number of carboxylic acid groups (broad SMARTS) is 1. The van der Waals surface area contributed by atoms with Gasteiger partial charge < -0.3 is 5.11 Å². The van der Waals surface area contributed by atoms with Gasteiger partial charge in [0.2, 0.25) is 0 Å². The van der Waals surface area contributed by atoms with Gasteiger partial charge in [0.05, 0.1) is 5.56 Å². The van der Waals surface area contributed by atoms with Crippen molar-refractivity contribution in [3.8, 4) is 0 Å². The molecule has 0 saturated carbocycles. The molecule has 1 rings (SSSR count). The van der Waals surface area contributed by atoms with Crippen LogP contribution in [0.3, 0.4) is 0 Å². The molecule has 160 valence electrons. The van der Waals surface area contributed by atoms with E-state index in [-0.39, 0.29) is 0 Å². The first-order valence-electron chi connectivity index (χ1n) is 11.9. The molecule has 0 bridgehead atoms. The van der Waals surface area contributed by atoms with Crippen LogP contribution >= 0.6 is 0 Å². The Bertz CT molecular complexity index is 562. The van der Waals surface area contributed by atoms with Crippen LogP contribution in [0.4, 0.5) is 0 Å². The number of hydrogen-bond donors (Lipinski definition) is 1. The number of rotatable bonds is 16. The molecule has 1 N–H and O–H groups in total. The van der Waals surface area contributed by atoms with Crippen molar-refractivity contribution in [2.24, 2.45) is 5.92 Å². The topological polar surface area (TPSA) is 37.3 Å². The van der Waals surface area contributed by atoms with E-state index in [1.165, 1.54) is 68.9 Å². The molecule has 1 unspecified atom stereocenters. The maximum atomic E-state index is 11.9. The van der Waals surface area contributed by atoms with Gasteiger partial charge in [-0.15, -0.1) is 0 Å². The van der Waals surface area contributed by atoms with Gasteiger partial charge in [0, 0.05) is 0 Å². The molecule has 1 aromatic rings. The molecule has 0 heterocycles. The fourth-order valence-electron chi connectivity index (χ4n) is 4.18. The van der Waals surface area contributed by atoms with Crippen LogP contribution in [-0.2, 0) is 19.3 Å². The largest absolute Gasteiger partial charge is 0.478 e. The highest BCUT2D eigenvalue weighted by Crippen LogP contribution is 2.28. The summed E-state index contributed by atoms with van der Waals surface area (Å²) in [5.41, 5.74) is 4.45. The van der Waals surface area contributed by atoms with E-state index >= 15 is 0 Å². The van der Waals surface area contributed by atoms with Gasteiger partial charge in [0.15, 0.2) is 0 Å². The second-order valence-electron chi connectivity index (χ2n) is 8.61. The standard InChI is InChI=1S/C26H44O2/c1-5-8-11-13-15-21(4)20-25-22(16-14-12-9-6-2)18-19-24(26(27)28)23(25)17-10-7-3/h18-19,21H,5-17,20H2,1-4H3,(H,27,28). The maximum absolute atomic E-state index is 11.9. The van der Waals surface area contributed by atoms with Crippen molar-refractivity contribution in [2.75, 3.05) is 0 Å². The third kappa shape index (κ3) is 8.80. The predicted molar refractivity (Wildman–Crippen MR) is 121 cm³/mol. The number of unbranched alkanes of at least 4 members (excludes halogenated alkanes) is 7. The van der Waals surface area contributed by atoms with Gasteiger partial charge in [0.1, 0.15) is 0 Å². The lowest BCUT2D eigenvalue weighted by molar-refractivity contribution is 0.0695. The average Bonchev–Trinajstić information content (AvgIpc) is 2.68. The van der Waals surface area contributed by atoms with E-state index in [4.69, 9.17) is 0 Å². The zero-order valence-corrected chi connectivity index (χ0v) is 19.0. The van der Waals surface area contributed by atoms with Crippen LogP contribution in [0.2, 0.25) is 0 Å². The number of carbonyl (C=O) groups is 1. The lowest BCUT2D eigenvalue weighted by Gasteiger charge is -2.21. The van der Waals surface area contributed by atoms with E-state index in [1.807, 2.05) is 6.07 Å². The molecule has 0 aliphatic carbocycles. The lowest BCUT2D eigenvalue weighted by Crippen LogP contribution is -2.12. The summed E-state index contributed by atoms with van der Waals surface area (Å²) < 4.78 is 0. The van der Waals surface area contributed by atoms with E-state index in [0.29, 0.717) is 11.5 Å². The fraction of sp³-hybridized carbons (Fsp3) is 0.731. The summed E-state index contributed by atoms with van der Waals surface area (Å²) in [6.45, 7) is 9.04.